The lowest BCUT2D eigenvalue weighted by molar-refractivity contribution is 0.257. The predicted molar refractivity (Wildman–Crippen MR) is 92.8 cm³/mol. The van der Waals surface area contributed by atoms with Crippen LogP contribution in [0.3, 0.4) is 0 Å². The first-order chi connectivity index (χ1) is 11.1. The molecule has 1 fully saturated rings. The summed E-state index contributed by atoms with van der Waals surface area (Å²) in [4.78, 5) is 7.23. The van der Waals surface area contributed by atoms with Crippen LogP contribution in [0.5, 0.6) is 0 Å². The van der Waals surface area contributed by atoms with Gasteiger partial charge in [-0.2, -0.15) is 0 Å². The van der Waals surface area contributed by atoms with Gasteiger partial charge in [0, 0.05) is 25.6 Å². The third kappa shape index (κ3) is 3.74. The quantitative estimate of drug-likeness (QED) is 0.784. The molecule has 23 heavy (non-hydrogen) atoms. The van der Waals surface area contributed by atoms with Gasteiger partial charge in [-0.05, 0) is 36.8 Å². The first kappa shape index (κ1) is 16.4. The maximum atomic E-state index is 13.5. The Morgan fingerprint density at radius 2 is 2.17 bits per heavy atom. The fourth-order valence-electron chi connectivity index (χ4n) is 3.72. The van der Waals surface area contributed by atoms with Crippen LogP contribution in [-0.4, -0.2) is 27.5 Å². The fraction of sp³-hybridized carbons (Fsp3) is 0.632. The van der Waals surface area contributed by atoms with Gasteiger partial charge in [0.2, 0.25) is 0 Å². The van der Waals surface area contributed by atoms with Crippen LogP contribution in [0.2, 0.25) is 0 Å². The largest absolute Gasteiger partial charge is 0.314 e. The number of benzene rings is 1. The van der Waals surface area contributed by atoms with Crippen LogP contribution < -0.4 is 0 Å². The highest BCUT2D eigenvalue weighted by molar-refractivity contribution is 5.76. The van der Waals surface area contributed by atoms with Gasteiger partial charge in [-0.3, -0.25) is 4.90 Å². The fourth-order valence-corrected chi connectivity index (χ4v) is 3.72. The first-order valence-corrected chi connectivity index (χ1v) is 8.93. The van der Waals surface area contributed by atoms with Gasteiger partial charge in [-0.25, -0.2) is 9.37 Å². The smallest absolute Gasteiger partial charge is 0.125 e. The van der Waals surface area contributed by atoms with Crippen molar-refractivity contribution in [1.29, 1.82) is 0 Å². The molecule has 2 heterocycles. The van der Waals surface area contributed by atoms with Crippen molar-refractivity contribution in [2.45, 2.75) is 53.1 Å². The number of nitrogens with zero attached hydrogens (tertiary/aromatic N) is 3. The summed E-state index contributed by atoms with van der Waals surface area (Å²) >= 11 is 0. The molecule has 0 saturated carbocycles. The van der Waals surface area contributed by atoms with Crippen molar-refractivity contribution >= 4 is 11.0 Å². The maximum Gasteiger partial charge on any atom is 0.125 e. The topological polar surface area (TPSA) is 21.1 Å². The van der Waals surface area contributed by atoms with E-state index < -0.39 is 0 Å². The summed E-state index contributed by atoms with van der Waals surface area (Å²) in [5, 5.41) is 0. The number of imidazole rings is 1. The van der Waals surface area contributed by atoms with E-state index in [9.17, 15) is 4.39 Å². The van der Waals surface area contributed by atoms with Crippen molar-refractivity contribution in [3.8, 4) is 0 Å². The van der Waals surface area contributed by atoms with Gasteiger partial charge < -0.3 is 4.57 Å². The van der Waals surface area contributed by atoms with Crippen LogP contribution in [0, 0.1) is 17.7 Å². The molecule has 4 heteroatoms. The van der Waals surface area contributed by atoms with Crippen molar-refractivity contribution < 1.29 is 4.39 Å². The Kier molecular flexibility index (Phi) is 5.00. The molecule has 0 spiro atoms. The summed E-state index contributed by atoms with van der Waals surface area (Å²) in [5.74, 6) is 2.25. The van der Waals surface area contributed by atoms with Crippen molar-refractivity contribution in [2.24, 2.45) is 11.8 Å². The second-order valence-corrected chi connectivity index (χ2v) is 7.35. The Morgan fingerprint density at radius 3 is 2.91 bits per heavy atom. The average Bonchev–Trinajstić information content (AvgIpc) is 3.04. The highest BCUT2D eigenvalue weighted by atomic mass is 19.1. The standard InChI is InChI=1S/C19H28FN3/c1-4-5-15-8-9-22(12-15)13-23-18-7-6-16(20)11-17(18)21-19(23)10-14(2)3/h6-7,11,14-15H,4-5,8-10,12-13H2,1-3H3. The van der Waals surface area contributed by atoms with Gasteiger partial charge >= 0.3 is 0 Å². The van der Waals surface area contributed by atoms with E-state index in [2.05, 4.69) is 30.2 Å². The van der Waals surface area contributed by atoms with E-state index in [1.807, 2.05) is 6.07 Å². The van der Waals surface area contributed by atoms with E-state index in [4.69, 9.17) is 4.98 Å². The molecule has 3 rings (SSSR count). The van der Waals surface area contributed by atoms with Crippen LogP contribution in [0.1, 0.15) is 45.9 Å². The van der Waals surface area contributed by atoms with Crippen LogP contribution in [0.25, 0.3) is 11.0 Å². The number of hydrogen-bond acceptors (Lipinski definition) is 2. The molecular weight excluding hydrogens is 289 g/mol. The Balaban J connectivity index is 1.86. The normalized spacial score (nSPS) is 19.3. The minimum Gasteiger partial charge on any atom is -0.314 e. The Labute approximate surface area is 138 Å². The van der Waals surface area contributed by atoms with Gasteiger partial charge in [-0.1, -0.05) is 27.2 Å². The third-order valence-electron chi connectivity index (χ3n) is 4.79. The Hall–Kier alpha value is -1.42. The predicted octanol–water partition coefficient (Wildman–Crippen LogP) is 4.45. The summed E-state index contributed by atoms with van der Waals surface area (Å²) in [6.07, 6.45) is 4.83. The number of halogens is 1. The summed E-state index contributed by atoms with van der Waals surface area (Å²) in [7, 11) is 0. The van der Waals surface area contributed by atoms with Crippen LogP contribution >= 0.6 is 0 Å². The van der Waals surface area contributed by atoms with E-state index in [1.165, 1.54) is 25.8 Å². The third-order valence-corrected chi connectivity index (χ3v) is 4.79. The molecule has 0 aliphatic carbocycles. The lowest BCUT2D eigenvalue weighted by atomic mass is 10.0. The summed E-state index contributed by atoms with van der Waals surface area (Å²) in [5.41, 5.74) is 1.84. The summed E-state index contributed by atoms with van der Waals surface area (Å²) < 4.78 is 15.8. The van der Waals surface area contributed by atoms with E-state index in [0.717, 1.165) is 42.4 Å². The van der Waals surface area contributed by atoms with Gasteiger partial charge in [0.05, 0.1) is 17.7 Å². The Morgan fingerprint density at radius 1 is 1.35 bits per heavy atom. The van der Waals surface area contributed by atoms with Gasteiger partial charge in [0.1, 0.15) is 11.6 Å². The molecular formula is C19H28FN3. The van der Waals surface area contributed by atoms with E-state index >= 15 is 0 Å². The number of fused-ring (bicyclic) bond motifs is 1. The van der Waals surface area contributed by atoms with Crippen molar-refractivity contribution in [3.63, 3.8) is 0 Å². The SMILES string of the molecule is CCCC1CCN(Cn2c(CC(C)C)nc3cc(F)ccc32)C1. The Bertz CT molecular complexity index is 662. The second kappa shape index (κ2) is 7.00. The van der Waals surface area contributed by atoms with Crippen molar-refractivity contribution in [2.75, 3.05) is 13.1 Å². The molecule has 1 unspecified atom stereocenters. The number of likely N-dealkylation sites (tertiary alicyclic amines) is 1. The molecule has 1 saturated heterocycles. The first-order valence-electron chi connectivity index (χ1n) is 8.93. The second-order valence-electron chi connectivity index (χ2n) is 7.35. The zero-order valence-corrected chi connectivity index (χ0v) is 14.6. The zero-order valence-electron chi connectivity index (χ0n) is 14.6. The van der Waals surface area contributed by atoms with Gasteiger partial charge in [0.15, 0.2) is 0 Å². The van der Waals surface area contributed by atoms with E-state index in [0.29, 0.717) is 5.92 Å². The van der Waals surface area contributed by atoms with E-state index in [-0.39, 0.29) is 5.82 Å². The number of aromatic nitrogens is 2. The highest BCUT2D eigenvalue weighted by Gasteiger charge is 2.23. The molecule has 0 amide bonds. The van der Waals surface area contributed by atoms with Crippen LogP contribution in [-0.2, 0) is 13.1 Å². The molecule has 3 nitrogen and oxygen atoms in total. The van der Waals surface area contributed by atoms with Crippen LogP contribution in [0.15, 0.2) is 18.2 Å². The van der Waals surface area contributed by atoms with Crippen LogP contribution in [0.4, 0.5) is 4.39 Å². The molecule has 126 valence electrons. The lowest BCUT2D eigenvalue weighted by Crippen LogP contribution is -2.25. The zero-order chi connectivity index (χ0) is 16.4. The maximum absolute atomic E-state index is 13.5. The summed E-state index contributed by atoms with van der Waals surface area (Å²) in [6.45, 7) is 9.89. The molecule has 0 bridgehead atoms. The molecule has 1 aliphatic heterocycles. The van der Waals surface area contributed by atoms with Gasteiger partial charge in [-0.15, -0.1) is 0 Å². The van der Waals surface area contributed by atoms with E-state index in [1.54, 1.807) is 12.1 Å². The molecule has 1 atom stereocenters. The minimum atomic E-state index is -0.206. The van der Waals surface area contributed by atoms with Crippen molar-refractivity contribution in [3.05, 3.63) is 29.8 Å². The monoisotopic (exact) mass is 317 g/mol. The highest BCUT2D eigenvalue weighted by Crippen LogP contribution is 2.24. The van der Waals surface area contributed by atoms with Gasteiger partial charge in [0.25, 0.3) is 0 Å². The number of hydrogen-bond donors (Lipinski definition) is 0. The average molecular weight is 317 g/mol. The molecule has 1 aromatic carbocycles. The molecule has 0 radical (unpaired) electrons. The molecule has 0 N–H and O–H groups in total. The molecule has 1 aromatic heterocycles. The molecule has 1 aliphatic rings. The summed E-state index contributed by atoms with van der Waals surface area (Å²) in [6, 6.07) is 4.98. The lowest BCUT2D eigenvalue weighted by Gasteiger charge is -2.19. The molecule has 2 aromatic rings. The minimum absolute atomic E-state index is 0.206. The number of rotatable bonds is 6. The van der Waals surface area contributed by atoms with Crippen molar-refractivity contribution in [1.82, 2.24) is 14.5 Å².